The van der Waals surface area contributed by atoms with Crippen molar-refractivity contribution >= 4 is 5.97 Å². The Bertz CT molecular complexity index is 776. The molecule has 2 N–H and O–H groups in total. The second kappa shape index (κ2) is 7.89. The Kier molecular flexibility index (Phi) is 5.59. The molecule has 26 heavy (non-hydrogen) atoms. The average Bonchev–Trinajstić information content (AvgIpc) is 2.61. The van der Waals surface area contributed by atoms with Crippen molar-refractivity contribution in [3.05, 3.63) is 65.2 Å². The van der Waals surface area contributed by atoms with E-state index in [1.54, 1.807) is 12.1 Å². The van der Waals surface area contributed by atoms with Crippen molar-refractivity contribution in [2.24, 2.45) is 0 Å². The van der Waals surface area contributed by atoms with Gasteiger partial charge in [-0.25, -0.2) is 4.79 Å². The highest BCUT2D eigenvalue weighted by Crippen LogP contribution is 2.26. The number of β-amino-alcohol motifs (C(OH)–C–C–N with tert-alkyl or cyclic N) is 1. The lowest BCUT2D eigenvalue weighted by Gasteiger charge is -2.39. The van der Waals surface area contributed by atoms with Gasteiger partial charge in [-0.3, -0.25) is 4.90 Å². The van der Waals surface area contributed by atoms with Crippen molar-refractivity contribution in [2.45, 2.75) is 31.9 Å². The molecule has 1 aliphatic heterocycles. The lowest BCUT2D eigenvalue weighted by atomic mass is 9.93. The largest absolute Gasteiger partial charge is 0.490 e. The molecule has 0 radical (unpaired) electrons. The summed E-state index contributed by atoms with van der Waals surface area (Å²) < 4.78 is 5.87. The minimum atomic E-state index is -0.932. The molecule has 1 aliphatic rings. The number of carboxylic acid groups (broad SMARTS) is 1. The molecule has 138 valence electrons. The highest BCUT2D eigenvalue weighted by Gasteiger charge is 2.34. The van der Waals surface area contributed by atoms with Gasteiger partial charge < -0.3 is 14.9 Å². The molecule has 1 heterocycles. The van der Waals surface area contributed by atoms with Crippen LogP contribution in [0.15, 0.2) is 48.5 Å². The summed E-state index contributed by atoms with van der Waals surface area (Å²) >= 11 is 0. The molecule has 0 unspecified atom stereocenters. The molecule has 1 atom stereocenters. The van der Waals surface area contributed by atoms with Gasteiger partial charge in [0, 0.05) is 13.1 Å². The average molecular weight is 355 g/mol. The Morgan fingerprint density at radius 3 is 2.69 bits per heavy atom. The molecule has 0 bridgehead atoms. The van der Waals surface area contributed by atoms with E-state index in [2.05, 4.69) is 4.90 Å². The van der Waals surface area contributed by atoms with E-state index in [4.69, 9.17) is 4.74 Å². The van der Waals surface area contributed by atoms with Crippen LogP contribution in [0.2, 0.25) is 0 Å². The molecule has 2 aromatic carbocycles. The highest BCUT2D eigenvalue weighted by molar-refractivity contribution is 5.89. The molecular weight excluding hydrogens is 330 g/mol. The van der Waals surface area contributed by atoms with Gasteiger partial charge in [0.1, 0.15) is 18.0 Å². The molecule has 0 aliphatic carbocycles. The summed E-state index contributed by atoms with van der Waals surface area (Å²) in [6.07, 6.45) is 1.53. The first kappa shape index (κ1) is 18.4. The maximum absolute atomic E-state index is 11.4. The lowest BCUT2D eigenvalue weighted by Crippen LogP contribution is -2.51. The summed E-state index contributed by atoms with van der Waals surface area (Å²) in [4.78, 5) is 13.5. The number of ether oxygens (including phenoxy) is 1. The van der Waals surface area contributed by atoms with Crippen LogP contribution in [0.3, 0.4) is 0 Å². The van der Waals surface area contributed by atoms with E-state index in [1.165, 1.54) is 0 Å². The summed E-state index contributed by atoms with van der Waals surface area (Å²) in [6.45, 7) is 4.02. The van der Waals surface area contributed by atoms with Gasteiger partial charge in [-0.2, -0.15) is 0 Å². The number of benzene rings is 2. The quantitative estimate of drug-likeness (QED) is 0.833. The normalized spacial score (nSPS) is 20.7. The Hall–Kier alpha value is -2.37. The zero-order chi connectivity index (χ0) is 18.6. The monoisotopic (exact) mass is 355 g/mol. The van der Waals surface area contributed by atoms with E-state index in [9.17, 15) is 15.0 Å². The zero-order valence-corrected chi connectivity index (χ0v) is 15.0. The maximum atomic E-state index is 11.4. The van der Waals surface area contributed by atoms with Crippen LogP contribution < -0.4 is 4.74 Å². The van der Waals surface area contributed by atoms with Crippen LogP contribution in [0.25, 0.3) is 0 Å². The second-order valence-corrected chi connectivity index (χ2v) is 7.06. The number of aryl methyl sites for hydroxylation is 1. The van der Waals surface area contributed by atoms with Gasteiger partial charge in [-0.15, -0.1) is 0 Å². The van der Waals surface area contributed by atoms with E-state index < -0.39 is 11.6 Å². The van der Waals surface area contributed by atoms with Crippen LogP contribution in [-0.4, -0.2) is 46.4 Å². The number of aromatic carboxylic acids is 1. The van der Waals surface area contributed by atoms with Gasteiger partial charge >= 0.3 is 5.97 Å². The van der Waals surface area contributed by atoms with Crippen molar-refractivity contribution < 1.29 is 19.7 Å². The van der Waals surface area contributed by atoms with Crippen LogP contribution >= 0.6 is 0 Å². The van der Waals surface area contributed by atoms with Crippen molar-refractivity contribution in [1.82, 2.24) is 4.90 Å². The molecule has 0 aromatic heterocycles. The number of hydrogen-bond donors (Lipinski definition) is 2. The predicted octanol–water partition coefficient (Wildman–Crippen LogP) is 3.10. The number of piperidine rings is 1. The van der Waals surface area contributed by atoms with Crippen molar-refractivity contribution in [2.75, 3.05) is 19.7 Å². The molecule has 0 saturated carbocycles. The second-order valence-electron chi connectivity index (χ2n) is 7.06. The van der Waals surface area contributed by atoms with Gasteiger partial charge in [-0.1, -0.05) is 36.4 Å². The van der Waals surface area contributed by atoms with E-state index in [-0.39, 0.29) is 6.61 Å². The number of carbonyl (C=O) groups is 1. The zero-order valence-electron chi connectivity index (χ0n) is 15.0. The summed E-state index contributed by atoms with van der Waals surface area (Å²) in [5.41, 5.74) is 1.19. The maximum Gasteiger partial charge on any atom is 0.336 e. The van der Waals surface area contributed by atoms with Crippen molar-refractivity contribution in [1.29, 1.82) is 0 Å². The van der Waals surface area contributed by atoms with Crippen LogP contribution in [0.5, 0.6) is 5.75 Å². The van der Waals surface area contributed by atoms with Gasteiger partial charge in [0.15, 0.2) is 0 Å². The molecule has 3 rings (SSSR count). The minimum Gasteiger partial charge on any atom is -0.490 e. The van der Waals surface area contributed by atoms with Crippen LogP contribution in [0.4, 0.5) is 0 Å². The molecule has 1 saturated heterocycles. The van der Waals surface area contributed by atoms with Gasteiger partial charge in [0.2, 0.25) is 0 Å². The predicted molar refractivity (Wildman–Crippen MR) is 99.5 cm³/mol. The number of carboxylic acids is 1. The number of para-hydroxylation sites is 1. The van der Waals surface area contributed by atoms with E-state index >= 15 is 0 Å². The summed E-state index contributed by atoms with van der Waals surface area (Å²) in [5, 5.41) is 20.3. The van der Waals surface area contributed by atoms with E-state index in [0.717, 1.165) is 29.8 Å². The fraction of sp³-hybridized carbons (Fsp3) is 0.381. The number of nitrogens with zero attached hydrogens (tertiary/aromatic N) is 1. The summed E-state index contributed by atoms with van der Waals surface area (Å²) in [6, 6.07) is 14.8. The number of likely N-dealkylation sites (tertiary alicyclic amines) is 1. The van der Waals surface area contributed by atoms with E-state index in [1.807, 2.05) is 43.3 Å². The Labute approximate surface area is 153 Å². The fourth-order valence-electron chi connectivity index (χ4n) is 3.50. The topological polar surface area (TPSA) is 70.0 Å². The lowest BCUT2D eigenvalue weighted by molar-refractivity contribution is -0.0622. The number of hydrogen-bond acceptors (Lipinski definition) is 4. The van der Waals surface area contributed by atoms with Gasteiger partial charge in [0.25, 0.3) is 0 Å². The van der Waals surface area contributed by atoms with Crippen LogP contribution in [-0.2, 0) is 6.54 Å². The first-order valence-corrected chi connectivity index (χ1v) is 8.91. The standard InChI is InChI=1S/C21H25NO4/c1-16-7-2-5-10-19(16)26-15-21(25)11-6-12-22(14-21)13-17-8-3-4-9-18(17)20(23)24/h2-5,7-10,25H,6,11-15H2,1H3,(H,23,24)/t21-/m1/s1. The van der Waals surface area contributed by atoms with Crippen molar-refractivity contribution in [3.8, 4) is 5.75 Å². The number of aliphatic hydroxyl groups is 1. The third-order valence-corrected chi connectivity index (χ3v) is 4.87. The van der Waals surface area contributed by atoms with Crippen molar-refractivity contribution in [3.63, 3.8) is 0 Å². The molecular formula is C21H25NO4. The van der Waals surface area contributed by atoms with Gasteiger partial charge in [-0.05, 0) is 49.6 Å². The first-order chi connectivity index (χ1) is 12.5. The van der Waals surface area contributed by atoms with E-state index in [0.29, 0.717) is 25.1 Å². The summed E-state index contributed by atoms with van der Waals surface area (Å²) in [5.74, 6) is -0.134. The third-order valence-electron chi connectivity index (χ3n) is 4.87. The SMILES string of the molecule is Cc1ccccc1OC[C@@]1(O)CCCN(Cc2ccccc2C(=O)O)C1. The first-order valence-electron chi connectivity index (χ1n) is 8.91. The van der Waals surface area contributed by atoms with Crippen LogP contribution in [0.1, 0.15) is 34.3 Å². The summed E-state index contributed by atoms with van der Waals surface area (Å²) in [7, 11) is 0. The fourth-order valence-corrected chi connectivity index (χ4v) is 3.50. The molecule has 1 fully saturated rings. The molecule has 5 nitrogen and oxygen atoms in total. The minimum absolute atomic E-state index is 0.231. The Morgan fingerprint density at radius 1 is 1.19 bits per heavy atom. The smallest absolute Gasteiger partial charge is 0.336 e. The van der Waals surface area contributed by atoms with Gasteiger partial charge in [0.05, 0.1) is 5.56 Å². The van der Waals surface area contributed by atoms with Crippen LogP contribution in [0, 0.1) is 6.92 Å². The molecule has 5 heteroatoms. The molecule has 0 spiro atoms. The Morgan fingerprint density at radius 2 is 1.92 bits per heavy atom. The third kappa shape index (κ3) is 4.42. The molecule has 2 aromatic rings. The highest BCUT2D eigenvalue weighted by atomic mass is 16.5. The Balaban J connectivity index is 1.65. The number of rotatable bonds is 6. The molecule has 0 amide bonds.